The fraction of sp³-hybridized carbons (Fsp3) is 0.600. The van der Waals surface area contributed by atoms with Gasteiger partial charge in [0.25, 0.3) is 0 Å². The molecule has 1 amide bonds. The maximum atomic E-state index is 11.8. The van der Waals surface area contributed by atoms with Crippen LogP contribution < -0.4 is 10.6 Å². The molecule has 0 saturated carbocycles. The lowest BCUT2D eigenvalue weighted by molar-refractivity contribution is -0.118. The Morgan fingerprint density at radius 2 is 2.56 bits per heavy atom. The van der Waals surface area contributed by atoms with E-state index in [1.54, 1.807) is 7.11 Å². The van der Waals surface area contributed by atoms with Gasteiger partial charge in [-0.3, -0.25) is 4.79 Å². The van der Waals surface area contributed by atoms with Crippen molar-refractivity contribution in [3.8, 4) is 0 Å². The molecule has 6 heteroatoms. The molecule has 1 saturated heterocycles. The van der Waals surface area contributed by atoms with Gasteiger partial charge in [0.2, 0.25) is 5.91 Å². The zero-order chi connectivity index (χ0) is 11.5. The first-order valence-electron chi connectivity index (χ1n) is 5.18. The van der Waals surface area contributed by atoms with E-state index in [1.807, 2.05) is 12.3 Å². The van der Waals surface area contributed by atoms with E-state index < -0.39 is 0 Å². The molecule has 0 aliphatic carbocycles. The van der Waals surface area contributed by atoms with Gasteiger partial charge < -0.3 is 15.4 Å². The van der Waals surface area contributed by atoms with E-state index in [9.17, 15) is 4.79 Å². The molecule has 0 aromatic carbocycles. The summed E-state index contributed by atoms with van der Waals surface area (Å²) in [5, 5.41) is 8.49. The number of carbonyl (C=O) groups is 1. The number of aryl methyl sites for hydroxylation is 1. The lowest BCUT2D eigenvalue weighted by Crippen LogP contribution is -2.35. The molecule has 0 spiro atoms. The van der Waals surface area contributed by atoms with Crippen molar-refractivity contribution in [2.75, 3.05) is 19.0 Å². The topological polar surface area (TPSA) is 63.2 Å². The van der Waals surface area contributed by atoms with E-state index in [0.717, 1.165) is 12.2 Å². The summed E-state index contributed by atoms with van der Waals surface area (Å²) >= 11 is 1.44. The molecule has 2 N–H and O–H groups in total. The number of hydrogen-bond donors (Lipinski definition) is 2. The lowest BCUT2D eigenvalue weighted by Gasteiger charge is -2.08. The Morgan fingerprint density at radius 1 is 1.75 bits per heavy atom. The quantitative estimate of drug-likeness (QED) is 0.820. The van der Waals surface area contributed by atoms with Gasteiger partial charge in [-0.1, -0.05) is 0 Å². The van der Waals surface area contributed by atoms with Crippen molar-refractivity contribution in [1.82, 2.24) is 10.3 Å². The number of nitrogens with zero attached hydrogens (tertiary/aromatic N) is 1. The maximum absolute atomic E-state index is 11.8. The van der Waals surface area contributed by atoms with Gasteiger partial charge >= 0.3 is 0 Å². The zero-order valence-electron chi connectivity index (χ0n) is 9.32. The van der Waals surface area contributed by atoms with Crippen LogP contribution in [0.25, 0.3) is 0 Å². The lowest BCUT2D eigenvalue weighted by atomic mass is 10.2. The van der Waals surface area contributed by atoms with Crippen LogP contribution in [-0.4, -0.2) is 36.7 Å². The molecular formula is C10H15N3O2S. The van der Waals surface area contributed by atoms with Gasteiger partial charge in [-0.2, -0.15) is 0 Å². The molecule has 1 aromatic heterocycles. The molecule has 2 rings (SSSR count). The molecule has 1 aliphatic heterocycles. The van der Waals surface area contributed by atoms with Crippen molar-refractivity contribution in [1.29, 1.82) is 0 Å². The Labute approximate surface area is 98.2 Å². The number of aromatic nitrogens is 1. The highest BCUT2D eigenvalue weighted by molar-refractivity contribution is 7.13. The van der Waals surface area contributed by atoms with Crippen LogP contribution in [0.5, 0.6) is 0 Å². The third kappa shape index (κ3) is 2.58. The average Bonchev–Trinajstić information content (AvgIpc) is 2.87. The number of amides is 1. The van der Waals surface area contributed by atoms with Crippen LogP contribution >= 0.6 is 11.3 Å². The highest BCUT2D eigenvalue weighted by Gasteiger charge is 2.29. The summed E-state index contributed by atoms with van der Waals surface area (Å²) in [7, 11) is 1.66. The maximum Gasteiger partial charge on any atom is 0.243 e. The van der Waals surface area contributed by atoms with Crippen LogP contribution in [0.3, 0.4) is 0 Å². The summed E-state index contributed by atoms with van der Waals surface area (Å²) in [6, 6.07) is -0.172. The first kappa shape index (κ1) is 11.5. The van der Waals surface area contributed by atoms with E-state index in [1.165, 1.54) is 11.3 Å². The number of thiazole rings is 1. The van der Waals surface area contributed by atoms with Gasteiger partial charge in [0.1, 0.15) is 0 Å². The monoisotopic (exact) mass is 241 g/mol. The van der Waals surface area contributed by atoms with Gasteiger partial charge in [0.05, 0.1) is 17.8 Å². The molecule has 1 aliphatic rings. The third-order valence-electron chi connectivity index (χ3n) is 2.59. The van der Waals surface area contributed by atoms with Crippen molar-refractivity contribution in [2.24, 2.45) is 0 Å². The van der Waals surface area contributed by atoms with Gasteiger partial charge in [-0.25, -0.2) is 4.98 Å². The van der Waals surface area contributed by atoms with Crippen LogP contribution in [0.15, 0.2) is 5.38 Å². The first-order valence-corrected chi connectivity index (χ1v) is 6.06. The summed E-state index contributed by atoms with van der Waals surface area (Å²) in [6.07, 6.45) is 0.848. The minimum Gasteiger partial charge on any atom is -0.380 e. The molecule has 2 unspecified atom stereocenters. The van der Waals surface area contributed by atoms with E-state index in [4.69, 9.17) is 4.74 Å². The number of anilines is 1. The number of rotatable bonds is 3. The Hall–Kier alpha value is -0.980. The van der Waals surface area contributed by atoms with Crippen LogP contribution in [0, 0.1) is 6.92 Å². The van der Waals surface area contributed by atoms with Crippen LogP contribution in [-0.2, 0) is 9.53 Å². The summed E-state index contributed by atoms with van der Waals surface area (Å²) in [4.78, 5) is 16.0. The number of nitrogens with one attached hydrogen (secondary N) is 2. The van der Waals surface area contributed by atoms with E-state index >= 15 is 0 Å². The minimum absolute atomic E-state index is 0.0334. The molecule has 0 radical (unpaired) electrons. The van der Waals surface area contributed by atoms with Crippen molar-refractivity contribution < 1.29 is 9.53 Å². The minimum atomic E-state index is -0.172. The first-order chi connectivity index (χ1) is 7.69. The van der Waals surface area contributed by atoms with Crippen molar-refractivity contribution in [3.63, 3.8) is 0 Å². The summed E-state index contributed by atoms with van der Waals surface area (Å²) < 4.78 is 5.19. The molecule has 0 bridgehead atoms. The molecule has 2 atom stereocenters. The molecule has 1 fully saturated rings. The molecule has 2 heterocycles. The fourth-order valence-corrected chi connectivity index (χ4v) is 2.38. The fourth-order valence-electron chi connectivity index (χ4n) is 1.69. The molecular weight excluding hydrogens is 226 g/mol. The van der Waals surface area contributed by atoms with Crippen molar-refractivity contribution >= 4 is 22.4 Å². The standard InChI is InChI=1S/C10H15N3O2S/c1-6-5-16-10(12-6)13-9(14)8-3-7(15-2)4-11-8/h5,7-8,11H,3-4H2,1-2H3,(H,12,13,14). The smallest absolute Gasteiger partial charge is 0.243 e. The zero-order valence-corrected chi connectivity index (χ0v) is 10.1. The second-order valence-corrected chi connectivity index (χ2v) is 4.70. The largest absolute Gasteiger partial charge is 0.380 e. The Kier molecular flexibility index (Phi) is 3.52. The van der Waals surface area contributed by atoms with Crippen LogP contribution in [0.4, 0.5) is 5.13 Å². The predicted octanol–water partition coefficient (Wildman–Crippen LogP) is 0.767. The highest BCUT2D eigenvalue weighted by atomic mass is 32.1. The normalized spacial score (nSPS) is 24.6. The van der Waals surface area contributed by atoms with Gasteiger partial charge in [-0.05, 0) is 13.3 Å². The Bertz CT molecular complexity index is 380. The Balaban J connectivity index is 1.89. The summed E-state index contributed by atoms with van der Waals surface area (Å²) in [6.45, 7) is 2.63. The highest BCUT2D eigenvalue weighted by Crippen LogP contribution is 2.16. The molecule has 88 valence electrons. The number of ether oxygens (including phenoxy) is 1. The molecule has 16 heavy (non-hydrogen) atoms. The van der Waals surface area contributed by atoms with E-state index in [0.29, 0.717) is 11.6 Å². The van der Waals surface area contributed by atoms with Gasteiger partial charge in [-0.15, -0.1) is 11.3 Å². The second-order valence-electron chi connectivity index (χ2n) is 3.84. The summed E-state index contributed by atoms with van der Waals surface area (Å²) in [5.41, 5.74) is 0.925. The van der Waals surface area contributed by atoms with Crippen LogP contribution in [0.1, 0.15) is 12.1 Å². The SMILES string of the molecule is COC1CNC(C(=O)Nc2nc(C)cs2)C1. The van der Waals surface area contributed by atoms with Crippen molar-refractivity contribution in [3.05, 3.63) is 11.1 Å². The van der Waals surface area contributed by atoms with Gasteiger partial charge in [0, 0.05) is 19.0 Å². The van der Waals surface area contributed by atoms with Crippen LogP contribution in [0.2, 0.25) is 0 Å². The molecule has 5 nitrogen and oxygen atoms in total. The summed E-state index contributed by atoms with van der Waals surface area (Å²) in [5.74, 6) is -0.0334. The number of methoxy groups -OCH3 is 1. The third-order valence-corrected chi connectivity index (χ3v) is 3.47. The second kappa shape index (κ2) is 4.90. The predicted molar refractivity (Wildman–Crippen MR) is 62.7 cm³/mol. The van der Waals surface area contributed by atoms with Gasteiger partial charge in [0.15, 0.2) is 5.13 Å². The average molecular weight is 241 g/mol. The molecule has 1 aromatic rings. The number of hydrogen-bond acceptors (Lipinski definition) is 5. The number of carbonyl (C=O) groups excluding carboxylic acids is 1. The van der Waals surface area contributed by atoms with E-state index in [2.05, 4.69) is 15.6 Å². The van der Waals surface area contributed by atoms with Crippen molar-refractivity contribution in [2.45, 2.75) is 25.5 Å². The Morgan fingerprint density at radius 3 is 3.12 bits per heavy atom. The van der Waals surface area contributed by atoms with E-state index in [-0.39, 0.29) is 18.1 Å².